The lowest BCUT2D eigenvalue weighted by atomic mass is 10.1. The second-order valence-electron chi connectivity index (χ2n) is 4.75. The first-order valence-corrected chi connectivity index (χ1v) is 7.43. The molecule has 1 atom stereocenters. The molecule has 1 nitrogen and oxygen atoms in total. The summed E-state index contributed by atoms with van der Waals surface area (Å²) in [6, 6.07) is 12.0. The van der Waals surface area contributed by atoms with Crippen molar-refractivity contribution in [3.63, 3.8) is 0 Å². The zero-order valence-corrected chi connectivity index (χ0v) is 12.1. The Morgan fingerprint density at radius 3 is 2.60 bits per heavy atom. The molecule has 0 fully saturated rings. The average molecular weight is 293 g/mol. The van der Waals surface area contributed by atoms with Gasteiger partial charge in [-0.15, -0.1) is 11.8 Å². The third kappa shape index (κ3) is 3.81. The molecule has 0 aliphatic carbocycles. The fraction of sp³-hybridized carbons (Fsp3) is 0.250. The van der Waals surface area contributed by atoms with E-state index in [1.54, 1.807) is 17.8 Å². The maximum absolute atomic E-state index is 13.6. The van der Waals surface area contributed by atoms with E-state index >= 15 is 0 Å². The highest BCUT2D eigenvalue weighted by Crippen LogP contribution is 2.23. The first-order valence-electron chi connectivity index (χ1n) is 6.45. The average Bonchev–Trinajstić information content (AvgIpc) is 2.43. The van der Waals surface area contributed by atoms with Gasteiger partial charge in [0.2, 0.25) is 0 Å². The molecule has 1 unspecified atom stereocenters. The Labute approximate surface area is 122 Å². The number of thioether (sulfide) groups is 1. The molecule has 0 radical (unpaired) electrons. The third-order valence-corrected chi connectivity index (χ3v) is 4.42. The smallest absolute Gasteiger partial charge is 0.162 e. The maximum atomic E-state index is 13.6. The third-order valence-electron chi connectivity index (χ3n) is 3.06. The summed E-state index contributed by atoms with van der Waals surface area (Å²) in [5.41, 5.74) is 7.54. The van der Waals surface area contributed by atoms with Gasteiger partial charge in [-0.2, -0.15) is 0 Å². The van der Waals surface area contributed by atoms with Gasteiger partial charge in [-0.3, -0.25) is 0 Å². The van der Waals surface area contributed by atoms with Crippen LogP contribution in [0.5, 0.6) is 0 Å². The molecule has 0 saturated heterocycles. The predicted octanol–water partition coefficient (Wildman–Crippen LogP) is 3.94. The van der Waals surface area contributed by atoms with E-state index in [2.05, 4.69) is 0 Å². The SMILES string of the molecule is Cc1ccccc1SCC(N)Cc1cccc(F)c1F. The second kappa shape index (κ2) is 6.86. The summed E-state index contributed by atoms with van der Waals surface area (Å²) in [7, 11) is 0. The minimum atomic E-state index is -0.818. The fourth-order valence-electron chi connectivity index (χ4n) is 1.96. The van der Waals surface area contributed by atoms with Crippen LogP contribution in [0.2, 0.25) is 0 Å². The van der Waals surface area contributed by atoms with Gasteiger partial charge in [0.05, 0.1) is 0 Å². The van der Waals surface area contributed by atoms with E-state index in [-0.39, 0.29) is 6.04 Å². The molecule has 0 aliphatic heterocycles. The van der Waals surface area contributed by atoms with Crippen molar-refractivity contribution in [1.82, 2.24) is 0 Å². The molecule has 2 rings (SSSR count). The first kappa shape index (κ1) is 15.0. The molecule has 0 aliphatic rings. The Morgan fingerprint density at radius 2 is 1.85 bits per heavy atom. The molecule has 2 aromatic carbocycles. The van der Waals surface area contributed by atoms with Crippen molar-refractivity contribution in [2.45, 2.75) is 24.3 Å². The normalized spacial score (nSPS) is 12.4. The van der Waals surface area contributed by atoms with Gasteiger partial charge < -0.3 is 5.73 Å². The van der Waals surface area contributed by atoms with Crippen LogP contribution >= 0.6 is 11.8 Å². The molecular weight excluding hydrogens is 276 g/mol. The highest BCUT2D eigenvalue weighted by molar-refractivity contribution is 7.99. The van der Waals surface area contributed by atoms with Crippen molar-refractivity contribution >= 4 is 11.8 Å². The molecule has 4 heteroatoms. The van der Waals surface area contributed by atoms with Gasteiger partial charge in [0.15, 0.2) is 11.6 Å². The van der Waals surface area contributed by atoms with Crippen LogP contribution in [0.1, 0.15) is 11.1 Å². The van der Waals surface area contributed by atoms with Gasteiger partial charge in [0, 0.05) is 16.7 Å². The van der Waals surface area contributed by atoms with Crippen molar-refractivity contribution < 1.29 is 8.78 Å². The summed E-state index contributed by atoms with van der Waals surface area (Å²) in [4.78, 5) is 1.17. The molecule has 0 saturated carbocycles. The molecule has 0 aromatic heterocycles. The lowest BCUT2D eigenvalue weighted by Crippen LogP contribution is -2.26. The number of hydrogen-bond donors (Lipinski definition) is 1. The largest absolute Gasteiger partial charge is 0.327 e. The Balaban J connectivity index is 1.94. The molecule has 2 aromatic rings. The monoisotopic (exact) mass is 293 g/mol. The van der Waals surface area contributed by atoms with Gasteiger partial charge in [-0.1, -0.05) is 30.3 Å². The summed E-state index contributed by atoms with van der Waals surface area (Å²) in [6.45, 7) is 2.04. The van der Waals surface area contributed by atoms with E-state index in [4.69, 9.17) is 5.73 Å². The van der Waals surface area contributed by atoms with Crippen molar-refractivity contribution in [1.29, 1.82) is 0 Å². The maximum Gasteiger partial charge on any atom is 0.162 e. The number of aryl methyl sites for hydroxylation is 1. The number of rotatable bonds is 5. The van der Waals surface area contributed by atoms with Crippen molar-refractivity contribution in [2.24, 2.45) is 5.73 Å². The van der Waals surface area contributed by atoms with Gasteiger partial charge in [-0.05, 0) is 36.6 Å². The Hall–Kier alpha value is -1.39. The zero-order chi connectivity index (χ0) is 14.5. The Kier molecular flexibility index (Phi) is 5.15. The van der Waals surface area contributed by atoms with Crippen LogP contribution in [0.25, 0.3) is 0 Å². The van der Waals surface area contributed by atoms with E-state index in [9.17, 15) is 8.78 Å². The van der Waals surface area contributed by atoms with Gasteiger partial charge in [-0.25, -0.2) is 8.78 Å². The standard InChI is InChI=1S/C16H17F2NS/c1-11-5-2-3-8-15(11)20-10-13(19)9-12-6-4-7-14(17)16(12)18/h2-8,13H,9-10,19H2,1H3. The molecule has 106 valence electrons. The van der Waals surface area contributed by atoms with E-state index in [0.29, 0.717) is 17.7 Å². The summed E-state index contributed by atoms with van der Waals surface area (Å²) in [6.07, 6.45) is 0.336. The number of nitrogens with two attached hydrogens (primary N) is 1. The summed E-state index contributed by atoms with van der Waals surface area (Å²) in [5, 5.41) is 0. The second-order valence-corrected chi connectivity index (χ2v) is 5.82. The van der Waals surface area contributed by atoms with Crippen molar-refractivity contribution in [3.8, 4) is 0 Å². The van der Waals surface area contributed by atoms with Gasteiger partial charge in [0.1, 0.15) is 0 Å². The number of benzene rings is 2. The minimum Gasteiger partial charge on any atom is -0.327 e. The molecule has 0 amide bonds. The van der Waals surface area contributed by atoms with E-state index < -0.39 is 11.6 Å². The first-order chi connectivity index (χ1) is 9.58. The molecule has 20 heavy (non-hydrogen) atoms. The summed E-state index contributed by atoms with van der Waals surface area (Å²) in [5.74, 6) is -0.939. The lowest BCUT2D eigenvalue weighted by molar-refractivity contribution is 0.495. The van der Waals surface area contributed by atoms with Gasteiger partial charge in [0.25, 0.3) is 0 Å². The Morgan fingerprint density at radius 1 is 1.10 bits per heavy atom. The van der Waals surface area contributed by atoms with Crippen molar-refractivity contribution in [3.05, 3.63) is 65.2 Å². The molecular formula is C16H17F2NS. The molecule has 0 bridgehead atoms. The van der Waals surface area contributed by atoms with Crippen LogP contribution in [-0.4, -0.2) is 11.8 Å². The van der Waals surface area contributed by atoms with Crippen molar-refractivity contribution in [2.75, 3.05) is 5.75 Å². The quantitative estimate of drug-likeness (QED) is 0.845. The molecule has 0 spiro atoms. The van der Waals surface area contributed by atoms with Crippen LogP contribution in [0.15, 0.2) is 47.4 Å². The lowest BCUT2D eigenvalue weighted by Gasteiger charge is -2.13. The summed E-state index contributed by atoms with van der Waals surface area (Å²) < 4.78 is 26.7. The van der Waals surface area contributed by atoms with Gasteiger partial charge >= 0.3 is 0 Å². The fourth-order valence-corrected chi connectivity index (χ4v) is 2.94. The number of halogens is 2. The molecule has 2 N–H and O–H groups in total. The highest BCUT2D eigenvalue weighted by atomic mass is 32.2. The highest BCUT2D eigenvalue weighted by Gasteiger charge is 2.12. The number of hydrogen-bond acceptors (Lipinski definition) is 2. The zero-order valence-electron chi connectivity index (χ0n) is 11.3. The predicted molar refractivity (Wildman–Crippen MR) is 79.9 cm³/mol. The van der Waals surface area contributed by atoms with E-state index in [1.165, 1.54) is 16.5 Å². The van der Waals surface area contributed by atoms with E-state index in [0.717, 1.165) is 6.07 Å². The summed E-state index contributed by atoms with van der Waals surface area (Å²) >= 11 is 1.64. The van der Waals surface area contributed by atoms with Crippen LogP contribution in [0, 0.1) is 18.6 Å². The van der Waals surface area contributed by atoms with Crippen LogP contribution < -0.4 is 5.73 Å². The minimum absolute atomic E-state index is 0.212. The Bertz CT molecular complexity index is 586. The van der Waals surface area contributed by atoms with E-state index in [1.807, 2.05) is 31.2 Å². The molecule has 0 heterocycles. The topological polar surface area (TPSA) is 26.0 Å². The van der Waals surface area contributed by atoms with Crippen LogP contribution in [0.4, 0.5) is 8.78 Å². The van der Waals surface area contributed by atoms with Crippen LogP contribution in [-0.2, 0) is 6.42 Å². The van der Waals surface area contributed by atoms with Crippen LogP contribution in [0.3, 0.4) is 0 Å².